The maximum absolute atomic E-state index is 16.0. The molecule has 1 aliphatic heterocycles. The molecule has 1 aliphatic rings. The van der Waals surface area contributed by atoms with Gasteiger partial charge in [-0.3, -0.25) is 9.78 Å². The van der Waals surface area contributed by atoms with E-state index >= 15 is 4.39 Å². The van der Waals surface area contributed by atoms with Crippen LogP contribution in [0.25, 0.3) is 28.0 Å². The highest BCUT2D eigenvalue weighted by Crippen LogP contribution is 2.35. The van der Waals surface area contributed by atoms with Crippen molar-refractivity contribution in [2.45, 2.75) is 44.6 Å². The van der Waals surface area contributed by atoms with E-state index < -0.39 is 11.5 Å². The van der Waals surface area contributed by atoms with Crippen molar-refractivity contribution < 1.29 is 9.18 Å². The molecule has 4 aromatic rings. The van der Waals surface area contributed by atoms with Crippen molar-refractivity contribution >= 4 is 34.5 Å². The van der Waals surface area contributed by atoms with Crippen molar-refractivity contribution in [2.75, 3.05) is 30.8 Å². The Labute approximate surface area is 242 Å². The van der Waals surface area contributed by atoms with E-state index in [9.17, 15) is 9.59 Å². The Hall–Kier alpha value is -4.05. The Balaban J connectivity index is 1.82. The lowest BCUT2D eigenvalue weighted by Gasteiger charge is -2.40. The van der Waals surface area contributed by atoms with Gasteiger partial charge in [0, 0.05) is 42.3 Å². The van der Waals surface area contributed by atoms with Crippen molar-refractivity contribution in [3.05, 3.63) is 82.8 Å². The summed E-state index contributed by atoms with van der Waals surface area (Å²) in [5.74, 6) is -0.294. The van der Waals surface area contributed by atoms with Gasteiger partial charge in [0.2, 0.25) is 5.91 Å². The molecule has 1 fully saturated rings. The van der Waals surface area contributed by atoms with Gasteiger partial charge in [0.1, 0.15) is 17.3 Å². The zero-order chi connectivity index (χ0) is 29.4. The lowest BCUT2D eigenvalue weighted by atomic mass is 10.0. The summed E-state index contributed by atoms with van der Waals surface area (Å²) >= 11 is 1.50. The zero-order valence-electron chi connectivity index (χ0n) is 23.9. The van der Waals surface area contributed by atoms with Gasteiger partial charge >= 0.3 is 5.69 Å². The summed E-state index contributed by atoms with van der Waals surface area (Å²) < 4.78 is 17.5. The van der Waals surface area contributed by atoms with Crippen molar-refractivity contribution in [3.63, 3.8) is 0 Å². The molecule has 5 rings (SSSR count). The molecule has 0 spiro atoms. The van der Waals surface area contributed by atoms with E-state index in [0.717, 1.165) is 16.2 Å². The van der Waals surface area contributed by atoms with Crippen molar-refractivity contribution in [1.82, 2.24) is 24.4 Å². The van der Waals surface area contributed by atoms with Crippen LogP contribution in [0.1, 0.15) is 37.9 Å². The highest BCUT2D eigenvalue weighted by atomic mass is 32.2. The fourth-order valence-electron chi connectivity index (χ4n) is 5.44. The van der Waals surface area contributed by atoms with Gasteiger partial charge in [-0.2, -0.15) is 4.98 Å². The summed E-state index contributed by atoms with van der Waals surface area (Å²) in [6.45, 7) is 12.8. The molecule has 0 saturated carbocycles. The number of anilines is 1. The maximum atomic E-state index is 16.0. The first-order valence-corrected chi connectivity index (χ1v) is 14.8. The summed E-state index contributed by atoms with van der Waals surface area (Å²) in [7, 11) is 0. The fraction of sp³-hybridized carbons (Fsp3) is 0.323. The Morgan fingerprint density at radius 1 is 1.20 bits per heavy atom. The number of aryl methyl sites for hydroxylation is 1. The molecule has 0 aliphatic carbocycles. The third-order valence-corrected chi connectivity index (χ3v) is 8.27. The molecule has 10 heteroatoms. The topological polar surface area (TPSA) is 84.2 Å². The van der Waals surface area contributed by atoms with Gasteiger partial charge in [0.25, 0.3) is 0 Å². The standard InChI is InChI=1S/C31H33FN6O2S/c1-7-25(39)36-14-15-37(20(5)17-36)29-22-16-23(32)27(21-10-8-9-11-24(21)41-6)34-30(22)38(31(40)35-29)28-19(4)12-13-33-26(28)18(2)3/h7-13,16,18,20H,1,14-15,17H2,2-6H3/t20-/m0/s1. The number of halogens is 1. The number of carbonyl (C=O) groups excluding carboxylic acids is 1. The minimum absolute atomic E-state index is 0.0131. The number of rotatable bonds is 6. The summed E-state index contributed by atoms with van der Waals surface area (Å²) in [5.41, 5.74) is 2.76. The Morgan fingerprint density at radius 3 is 2.63 bits per heavy atom. The van der Waals surface area contributed by atoms with Crippen LogP contribution < -0.4 is 10.6 Å². The Bertz CT molecular complexity index is 1720. The second-order valence-electron chi connectivity index (χ2n) is 10.5. The van der Waals surface area contributed by atoms with Crippen LogP contribution in [0.4, 0.5) is 10.2 Å². The van der Waals surface area contributed by atoms with Gasteiger partial charge in [-0.15, -0.1) is 11.8 Å². The minimum atomic E-state index is -0.523. The van der Waals surface area contributed by atoms with Gasteiger partial charge in [-0.05, 0) is 55.9 Å². The van der Waals surface area contributed by atoms with E-state index in [0.29, 0.717) is 47.7 Å². The first kappa shape index (κ1) is 28.5. The van der Waals surface area contributed by atoms with Crippen LogP contribution in [-0.2, 0) is 4.79 Å². The van der Waals surface area contributed by atoms with Crippen LogP contribution >= 0.6 is 11.8 Å². The maximum Gasteiger partial charge on any atom is 0.355 e. The third-order valence-electron chi connectivity index (χ3n) is 7.47. The van der Waals surface area contributed by atoms with E-state index in [4.69, 9.17) is 4.98 Å². The highest BCUT2D eigenvalue weighted by Gasteiger charge is 2.30. The number of fused-ring (bicyclic) bond motifs is 1. The molecule has 0 radical (unpaired) electrons. The SMILES string of the molecule is C=CC(=O)N1CCN(c2nc(=O)n(-c3c(C)ccnc3C(C)C)c3nc(-c4ccccc4SC)c(F)cc23)[C@@H](C)C1. The van der Waals surface area contributed by atoms with Crippen LogP contribution in [0, 0.1) is 12.7 Å². The molecule has 1 amide bonds. The molecule has 0 unspecified atom stereocenters. The Morgan fingerprint density at radius 2 is 1.95 bits per heavy atom. The number of piperazine rings is 1. The van der Waals surface area contributed by atoms with Crippen LogP contribution in [0.3, 0.4) is 0 Å². The summed E-state index contributed by atoms with van der Waals surface area (Å²) in [4.78, 5) is 44.8. The molecule has 0 N–H and O–H groups in total. The normalized spacial score (nSPS) is 15.5. The number of hydrogen-bond donors (Lipinski definition) is 0. The van der Waals surface area contributed by atoms with Crippen molar-refractivity contribution in [3.8, 4) is 16.9 Å². The van der Waals surface area contributed by atoms with Gasteiger partial charge in [-0.1, -0.05) is 38.6 Å². The van der Waals surface area contributed by atoms with Gasteiger partial charge in [0.15, 0.2) is 5.65 Å². The monoisotopic (exact) mass is 572 g/mol. The highest BCUT2D eigenvalue weighted by molar-refractivity contribution is 7.98. The van der Waals surface area contributed by atoms with Crippen LogP contribution in [0.5, 0.6) is 0 Å². The van der Waals surface area contributed by atoms with Crippen molar-refractivity contribution in [2.24, 2.45) is 0 Å². The number of hydrogen-bond acceptors (Lipinski definition) is 7. The molecule has 212 valence electrons. The predicted molar refractivity (Wildman–Crippen MR) is 163 cm³/mol. The van der Waals surface area contributed by atoms with Crippen LogP contribution in [-0.4, -0.2) is 62.3 Å². The average Bonchev–Trinajstić information content (AvgIpc) is 2.96. The molecular formula is C31H33FN6O2S. The van der Waals surface area contributed by atoms with Gasteiger partial charge in [-0.25, -0.2) is 18.7 Å². The zero-order valence-corrected chi connectivity index (χ0v) is 24.7. The van der Waals surface area contributed by atoms with Crippen LogP contribution in [0.15, 0.2) is 64.9 Å². The van der Waals surface area contributed by atoms with E-state index in [-0.39, 0.29) is 23.6 Å². The van der Waals surface area contributed by atoms with E-state index in [1.165, 1.54) is 28.5 Å². The summed E-state index contributed by atoms with van der Waals surface area (Å²) in [6, 6.07) is 10.6. The van der Waals surface area contributed by atoms with Crippen molar-refractivity contribution in [1.29, 1.82) is 0 Å². The van der Waals surface area contributed by atoms with E-state index in [1.807, 2.05) is 69.2 Å². The predicted octanol–water partition coefficient (Wildman–Crippen LogP) is 5.36. The number of thioether (sulfide) groups is 1. The lowest BCUT2D eigenvalue weighted by Crippen LogP contribution is -2.54. The molecule has 41 heavy (non-hydrogen) atoms. The second-order valence-corrected chi connectivity index (χ2v) is 11.3. The average molecular weight is 573 g/mol. The molecule has 0 bridgehead atoms. The molecule has 4 heterocycles. The molecule has 1 atom stereocenters. The number of pyridine rings is 2. The second kappa shape index (κ2) is 11.4. The van der Waals surface area contributed by atoms with Crippen LogP contribution in [0.2, 0.25) is 0 Å². The van der Waals surface area contributed by atoms with Gasteiger partial charge in [0.05, 0.1) is 16.8 Å². The number of amides is 1. The number of aromatic nitrogens is 4. The quantitative estimate of drug-likeness (QED) is 0.227. The summed E-state index contributed by atoms with van der Waals surface area (Å²) in [5, 5.41) is 0.417. The molecule has 1 aromatic carbocycles. The van der Waals surface area contributed by atoms with Gasteiger partial charge < -0.3 is 9.80 Å². The van der Waals surface area contributed by atoms with E-state index in [2.05, 4.69) is 16.5 Å². The minimum Gasteiger partial charge on any atom is -0.350 e. The summed E-state index contributed by atoms with van der Waals surface area (Å²) in [6.07, 6.45) is 4.96. The molecule has 3 aromatic heterocycles. The number of carbonyl (C=O) groups is 1. The third kappa shape index (κ3) is 5.12. The molecule has 8 nitrogen and oxygen atoms in total. The van der Waals surface area contributed by atoms with E-state index in [1.54, 1.807) is 11.1 Å². The molecular weight excluding hydrogens is 539 g/mol. The largest absolute Gasteiger partial charge is 0.355 e. The smallest absolute Gasteiger partial charge is 0.350 e. The number of nitrogens with zero attached hydrogens (tertiary/aromatic N) is 6. The lowest BCUT2D eigenvalue weighted by molar-refractivity contribution is -0.126. The molecule has 1 saturated heterocycles. The number of benzene rings is 1. The first-order valence-electron chi connectivity index (χ1n) is 13.6. The first-order chi connectivity index (χ1) is 19.7. The fourth-order valence-corrected chi connectivity index (χ4v) is 6.04. The Kier molecular flexibility index (Phi) is 7.95.